The number of rotatable bonds is 4. The molecule has 4 heteroatoms. The summed E-state index contributed by atoms with van der Waals surface area (Å²) in [6.45, 7) is 9.86. The van der Waals surface area contributed by atoms with Crippen LogP contribution in [-0.4, -0.2) is 34.6 Å². The zero-order chi connectivity index (χ0) is 13.3. The molecule has 2 N–H and O–H groups in total. The van der Waals surface area contributed by atoms with Crippen molar-refractivity contribution in [1.29, 1.82) is 0 Å². The smallest absolute Gasteiger partial charge is 0.105 e. The number of likely N-dealkylation sites (tertiary alicyclic amines) is 1. The number of nitrogens with zero attached hydrogens (tertiary/aromatic N) is 3. The molecule has 0 aromatic carbocycles. The zero-order valence-corrected chi connectivity index (χ0v) is 12.1. The Hall–Kier alpha value is -0.870. The van der Waals surface area contributed by atoms with Gasteiger partial charge < -0.3 is 15.2 Å². The molecule has 102 valence electrons. The Morgan fingerprint density at radius 1 is 1.50 bits per heavy atom. The highest BCUT2D eigenvalue weighted by Crippen LogP contribution is 2.21. The molecule has 1 saturated heterocycles. The van der Waals surface area contributed by atoms with Gasteiger partial charge in [-0.3, -0.25) is 0 Å². The summed E-state index contributed by atoms with van der Waals surface area (Å²) >= 11 is 0. The second kappa shape index (κ2) is 5.41. The molecule has 1 fully saturated rings. The Morgan fingerprint density at radius 2 is 2.22 bits per heavy atom. The lowest BCUT2D eigenvalue weighted by molar-refractivity contribution is 0.376. The summed E-state index contributed by atoms with van der Waals surface area (Å²) in [4.78, 5) is 7.02. The molecule has 2 rings (SSSR count). The molecule has 1 aromatic heterocycles. The van der Waals surface area contributed by atoms with Crippen LogP contribution in [0.15, 0.2) is 6.20 Å². The molecule has 4 nitrogen and oxygen atoms in total. The molecule has 0 bridgehead atoms. The van der Waals surface area contributed by atoms with Crippen LogP contribution in [0.25, 0.3) is 0 Å². The summed E-state index contributed by atoms with van der Waals surface area (Å²) in [6, 6.07) is 0.0520. The first-order valence-corrected chi connectivity index (χ1v) is 6.95. The Labute approximate surface area is 110 Å². The van der Waals surface area contributed by atoms with Crippen LogP contribution in [0.4, 0.5) is 0 Å². The maximum Gasteiger partial charge on any atom is 0.105 e. The van der Waals surface area contributed by atoms with Gasteiger partial charge in [0.15, 0.2) is 0 Å². The standard InChI is InChI=1S/C14H26N4/c1-10(2)14(15)13-9-18(11(3)16-13)8-12-5-6-17(4)7-12/h9-10,12,14H,5-8,15H2,1-4H3/t12-,14?/m0/s1. The average Bonchev–Trinajstić information content (AvgIpc) is 2.86. The van der Waals surface area contributed by atoms with Crippen molar-refractivity contribution in [3.8, 4) is 0 Å². The fourth-order valence-electron chi connectivity index (χ4n) is 2.67. The van der Waals surface area contributed by atoms with Crippen molar-refractivity contribution in [1.82, 2.24) is 14.5 Å². The zero-order valence-electron chi connectivity index (χ0n) is 12.1. The van der Waals surface area contributed by atoms with Gasteiger partial charge in [-0.15, -0.1) is 0 Å². The molecule has 0 amide bonds. The lowest BCUT2D eigenvalue weighted by Crippen LogP contribution is -2.18. The molecule has 1 aliphatic rings. The summed E-state index contributed by atoms with van der Waals surface area (Å²) in [5.41, 5.74) is 7.20. The van der Waals surface area contributed by atoms with E-state index in [-0.39, 0.29) is 6.04 Å². The van der Waals surface area contributed by atoms with Gasteiger partial charge in [-0.25, -0.2) is 4.98 Å². The van der Waals surface area contributed by atoms with Gasteiger partial charge in [0, 0.05) is 19.3 Å². The normalized spacial score (nSPS) is 22.9. The van der Waals surface area contributed by atoms with E-state index in [1.165, 1.54) is 19.5 Å². The SMILES string of the molecule is Cc1nc(C(N)C(C)C)cn1C[C@H]1CCN(C)C1. The minimum absolute atomic E-state index is 0.0520. The van der Waals surface area contributed by atoms with Crippen molar-refractivity contribution in [2.75, 3.05) is 20.1 Å². The number of nitrogens with two attached hydrogens (primary N) is 1. The van der Waals surface area contributed by atoms with Crippen LogP contribution < -0.4 is 5.73 Å². The van der Waals surface area contributed by atoms with Crippen molar-refractivity contribution in [3.63, 3.8) is 0 Å². The van der Waals surface area contributed by atoms with Crippen LogP contribution in [0.1, 0.15) is 37.8 Å². The minimum atomic E-state index is 0.0520. The molecule has 0 radical (unpaired) electrons. The highest BCUT2D eigenvalue weighted by molar-refractivity contribution is 5.08. The summed E-state index contributed by atoms with van der Waals surface area (Å²) in [7, 11) is 2.20. The summed E-state index contributed by atoms with van der Waals surface area (Å²) in [5, 5.41) is 0. The average molecular weight is 250 g/mol. The highest BCUT2D eigenvalue weighted by Gasteiger charge is 2.21. The van der Waals surface area contributed by atoms with Crippen molar-refractivity contribution < 1.29 is 0 Å². The fraction of sp³-hybridized carbons (Fsp3) is 0.786. The van der Waals surface area contributed by atoms with E-state index in [4.69, 9.17) is 5.73 Å². The van der Waals surface area contributed by atoms with Crippen molar-refractivity contribution in [3.05, 3.63) is 17.7 Å². The largest absolute Gasteiger partial charge is 0.334 e. The first-order valence-electron chi connectivity index (χ1n) is 6.95. The summed E-state index contributed by atoms with van der Waals surface area (Å²) < 4.78 is 2.28. The molecule has 0 spiro atoms. The predicted octanol–water partition coefficient (Wildman–Crippen LogP) is 1.80. The lowest BCUT2D eigenvalue weighted by Gasteiger charge is -2.13. The van der Waals surface area contributed by atoms with E-state index < -0.39 is 0 Å². The van der Waals surface area contributed by atoms with E-state index in [1.807, 2.05) is 0 Å². The summed E-state index contributed by atoms with van der Waals surface area (Å²) in [5.74, 6) is 2.28. The summed E-state index contributed by atoms with van der Waals surface area (Å²) in [6.07, 6.45) is 3.44. The Bertz CT molecular complexity index is 396. The van der Waals surface area contributed by atoms with Gasteiger partial charge in [-0.05, 0) is 38.8 Å². The number of hydrogen-bond acceptors (Lipinski definition) is 3. The molecule has 18 heavy (non-hydrogen) atoms. The van der Waals surface area contributed by atoms with E-state index >= 15 is 0 Å². The first kappa shape index (κ1) is 13.6. The lowest BCUT2D eigenvalue weighted by atomic mass is 10.0. The van der Waals surface area contributed by atoms with Gasteiger partial charge in [-0.2, -0.15) is 0 Å². The third-order valence-electron chi connectivity index (χ3n) is 4.00. The van der Waals surface area contributed by atoms with Crippen molar-refractivity contribution in [2.45, 2.75) is 39.8 Å². The second-order valence-electron chi connectivity index (χ2n) is 6.05. The van der Waals surface area contributed by atoms with Crippen LogP contribution >= 0.6 is 0 Å². The molecule has 2 atom stereocenters. The van der Waals surface area contributed by atoms with Crippen LogP contribution in [0.2, 0.25) is 0 Å². The van der Waals surface area contributed by atoms with E-state index in [0.717, 1.165) is 24.0 Å². The maximum absolute atomic E-state index is 6.17. The van der Waals surface area contributed by atoms with Crippen molar-refractivity contribution >= 4 is 0 Å². The Morgan fingerprint density at radius 3 is 2.78 bits per heavy atom. The van der Waals surface area contributed by atoms with E-state index in [1.54, 1.807) is 0 Å². The third-order valence-corrected chi connectivity index (χ3v) is 4.00. The molecule has 0 aliphatic carbocycles. The van der Waals surface area contributed by atoms with Gasteiger partial charge in [-0.1, -0.05) is 13.8 Å². The molecule has 2 heterocycles. The van der Waals surface area contributed by atoms with Gasteiger partial charge in [0.25, 0.3) is 0 Å². The van der Waals surface area contributed by atoms with Crippen molar-refractivity contribution in [2.24, 2.45) is 17.6 Å². The van der Waals surface area contributed by atoms with E-state index in [2.05, 4.69) is 48.5 Å². The van der Waals surface area contributed by atoms with Crippen LogP contribution in [0.3, 0.4) is 0 Å². The second-order valence-corrected chi connectivity index (χ2v) is 6.05. The Kier molecular flexibility index (Phi) is 4.07. The van der Waals surface area contributed by atoms with Gasteiger partial charge in [0.05, 0.1) is 11.7 Å². The molecular weight excluding hydrogens is 224 g/mol. The molecule has 1 aliphatic heterocycles. The maximum atomic E-state index is 6.17. The number of aryl methyl sites for hydroxylation is 1. The number of aromatic nitrogens is 2. The van der Waals surface area contributed by atoms with Crippen LogP contribution in [0, 0.1) is 18.8 Å². The van der Waals surface area contributed by atoms with Crippen LogP contribution in [0.5, 0.6) is 0 Å². The Balaban J connectivity index is 2.05. The van der Waals surface area contributed by atoms with Gasteiger partial charge >= 0.3 is 0 Å². The molecule has 1 unspecified atom stereocenters. The predicted molar refractivity (Wildman–Crippen MR) is 74.3 cm³/mol. The number of hydrogen-bond donors (Lipinski definition) is 1. The topological polar surface area (TPSA) is 47.1 Å². The monoisotopic (exact) mass is 250 g/mol. The first-order chi connectivity index (χ1) is 8.47. The highest BCUT2D eigenvalue weighted by atomic mass is 15.1. The molecular formula is C14H26N4. The quantitative estimate of drug-likeness (QED) is 0.886. The van der Waals surface area contributed by atoms with E-state index in [0.29, 0.717) is 5.92 Å². The van der Waals surface area contributed by atoms with Gasteiger partial charge in [0.2, 0.25) is 0 Å². The molecule has 1 aromatic rings. The van der Waals surface area contributed by atoms with Gasteiger partial charge in [0.1, 0.15) is 5.82 Å². The number of imidazole rings is 1. The van der Waals surface area contributed by atoms with E-state index in [9.17, 15) is 0 Å². The fourth-order valence-corrected chi connectivity index (χ4v) is 2.67. The molecule has 0 saturated carbocycles. The third kappa shape index (κ3) is 2.93. The van der Waals surface area contributed by atoms with Crippen LogP contribution in [-0.2, 0) is 6.54 Å². The minimum Gasteiger partial charge on any atom is -0.334 e.